The highest BCUT2D eigenvalue weighted by Gasteiger charge is 2.30. The van der Waals surface area contributed by atoms with Crippen molar-refractivity contribution in [2.45, 2.75) is 72.4 Å². The van der Waals surface area contributed by atoms with Gasteiger partial charge >= 0.3 is 0 Å². The van der Waals surface area contributed by atoms with Gasteiger partial charge in [0, 0.05) is 25.6 Å². The van der Waals surface area contributed by atoms with E-state index < -0.39 is 6.04 Å². The Morgan fingerprint density at radius 2 is 1.93 bits per heavy atom. The van der Waals surface area contributed by atoms with Crippen LogP contribution in [0.25, 0.3) is 0 Å². The Bertz CT molecular complexity index is 639. The van der Waals surface area contributed by atoms with E-state index in [4.69, 9.17) is 5.73 Å². The van der Waals surface area contributed by atoms with Gasteiger partial charge in [0.2, 0.25) is 11.8 Å². The van der Waals surface area contributed by atoms with Gasteiger partial charge in [-0.1, -0.05) is 34.6 Å². The van der Waals surface area contributed by atoms with Gasteiger partial charge in [0.1, 0.15) is 5.82 Å². The van der Waals surface area contributed by atoms with Crippen LogP contribution in [0.1, 0.15) is 66.3 Å². The number of piperidine rings is 1. The normalized spacial score (nSPS) is 17.2. The molecule has 2 rings (SSSR count). The predicted octanol–water partition coefficient (Wildman–Crippen LogP) is 2.79. The third-order valence-corrected chi connectivity index (χ3v) is 4.80. The van der Waals surface area contributed by atoms with Gasteiger partial charge in [-0.05, 0) is 30.6 Å². The van der Waals surface area contributed by atoms with Crippen molar-refractivity contribution in [3.05, 3.63) is 12.3 Å². The summed E-state index contributed by atoms with van der Waals surface area (Å²) in [6.07, 6.45) is 4.49. The fourth-order valence-corrected chi connectivity index (χ4v) is 3.58. The summed E-state index contributed by atoms with van der Waals surface area (Å²) in [5.74, 6) is 1.09. The van der Waals surface area contributed by atoms with Crippen LogP contribution in [0.15, 0.2) is 12.3 Å². The Kier molecular flexibility index (Phi) is 7.03. The van der Waals surface area contributed by atoms with Gasteiger partial charge < -0.3 is 16.0 Å². The number of amides is 2. The molecular formula is C20H35N5O2. The van der Waals surface area contributed by atoms with Gasteiger partial charge in [-0.3, -0.25) is 9.59 Å². The Balaban J connectivity index is 1.92. The molecule has 1 aromatic rings. The molecule has 27 heavy (non-hydrogen) atoms. The molecule has 1 aliphatic heterocycles. The van der Waals surface area contributed by atoms with Crippen molar-refractivity contribution in [3.8, 4) is 0 Å². The summed E-state index contributed by atoms with van der Waals surface area (Å²) in [6, 6.07) is 1.56. The minimum atomic E-state index is -0.447. The van der Waals surface area contributed by atoms with E-state index in [1.165, 1.54) is 0 Å². The molecule has 7 heteroatoms. The number of aromatic nitrogens is 2. The van der Waals surface area contributed by atoms with Crippen molar-refractivity contribution < 1.29 is 9.59 Å². The van der Waals surface area contributed by atoms with E-state index in [0.717, 1.165) is 18.7 Å². The smallest absolute Gasteiger partial charge is 0.239 e. The van der Waals surface area contributed by atoms with E-state index in [9.17, 15) is 9.59 Å². The van der Waals surface area contributed by atoms with E-state index >= 15 is 0 Å². The number of hydrogen-bond donors (Lipinski definition) is 2. The van der Waals surface area contributed by atoms with E-state index in [2.05, 4.69) is 31.2 Å². The molecule has 0 aliphatic carbocycles. The van der Waals surface area contributed by atoms with Crippen LogP contribution in [0.4, 0.5) is 5.82 Å². The van der Waals surface area contributed by atoms with Gasteiger partial charge in [-0.15, -0.1) is 0 Å². The molecule has 0 radical (unpaired) electrons. The van der Waals surface area contributed by atoms with Gasteiger partial charge in [-0.2, -0.15) is 5.10 Å². The number of likely N-dealkylation sites (tertiary alicyclic amines) is 1. The monoisotopic (exact) mass is 377 g/mol. The van der Waals surface area contributed by atoms with Crippen molar-refractivity contribution in [2.75, 3.05) is 18.4 Å². The quantitative estimate of drug-likeness (QED) is 0.797. The fraction of sp³-hybridized carbons (Fsp3) is 0.750. The minimum absolute atomic E-state index is 0.00696. The van der Waals surface area contributed by atoms with Crippen LogP contribution >= 0.6 is 0 Å². The van der Waals surface area contributed by atoms with Crippen molar-refractivity contribution in [1.29, 1.82) is 0 Å². The van der Waals surface area contributed by atoms with E-state index in [1.54, 1.807) is 6.20 Å². The summed E-state index contributed by atoms with van der Waals surface area (Å²) in [4.78, 5) is 26.5. The highest BCUT2D eigenvalue weighted by atomic mass is 16.2. The maximum atomic E-state index is 12.6. The van der Waals surface area contributed by atoms with Crippen LogP contribution in [-0.4, -0.2) is 45.6 Å². The van der Waals surface area contributed by atoms with Gasteiger partial charge in [0.15, 0.2) is 0 Å². The number of carbonyl (C=O) groups excluding carboxylic acids is 2. The molecule has 0 aromatic carbocycles. The number of nitrogens with zero attached hydrogens (tertiary/aromatic N) is 3. The number of rotatable bonds is 6. The zero-order valence-electron chi connectivity index (χ0n) is 17.4. The summed E-state index contributed by atoms with van der Waals surface area (Å²) in [6.45, 7) is 11.7. The molecule has 1 aliphatic rings. The third kappa shape index (κ3) is 6.34. The predicted molar refractivity (Wildman–Crippen MR) is 107 cm³/mol. The van der Waals surface area contributed by atoms with Crippen LogP contribution in [0.2, 0.25) is 0 Å². The Morgan fingerprint density at radius 1 is 1.30 bits per heavy atom. The minimum Gasteiger partial charge on any atom is -0.341 e. The molecule has 2 heterocycles. The van der Waals surface area contributed by atoms with Crippen molar-refractivity contribution in [3.63, 3.8) is 0 Å². The van der Waals surface area contributed by atoms with Crippen molar-refractivity contribution in [1.82, 2.24) is 14.7 Å². The molecule has 0 spiro atoms. The lowest BCUT2D eigenvalue weighted by molar-refractivity contribution is -0.134. The largest absolute Gasteiger partial charge is 0.341 e. The summed E-state index contributed by atoms with van der Waals surface area (Å²) in [7, 11) is 0. The molecule has 1 saturated heterocycles. The fourth-order valence-electron chi connectivity index (χ4n) is 3.58. The molecule has 7 nitrogen and oxygen atoms in total. The Morgan fingerprint density at radius 3 is 2.48 bits per heavy atom. The lowest BCUT2D eigenvalue weighted by Crippen LogP contribution is -2.48. The van der Waals surface area contributed by atoms with Crippen LogP contribution in [0, 0.1) is 11.3 Å². The molecule has 1 aromatic heterocycles. The topological polar surface area (TPSA) is 93.2 Å². The Labute approximate surface area is 162 Å². The van der Waals surface area contributed by atoms with Gasteiger partial charge in [-0.25, -0.2) is 4.68 Å². The van der Waals surface area contributed by atoms with Crippen molar-refractivity contribution >= 4 is 17.6 Å². The first-order valence-electron chi connectivity index (χ1n) is 9.94. The number of nitrogens with one attached hydrogen (secondary N) is 1. The first-order valence-corrected chi connectivity index (χ1v) is 9.94. The second-order valence-electron chi connectivity index (χ2n) is 9.23. The number of hydrogen-bond acceptors (Lipinski definition) is 4. The van der Waals surface area contributed by atoms with E-state index in [-0.39, 0.29) is 23.3 Å². The molecular weight excluding hydrogens is 342 g/mol. The Hall–Kier alpha value is -1.89. The average molecular weight is 378 g/mol. The molecule has 3 N–H and O–H groups in total. The van der Waals surface area contributed by atoms with Gasteiger partial charge in [0.05, 0.1) is 18.3 Å². The number of carbonyl (C=O) groups is 2. The second kappa shape index (κ2) is 8.87. The summed E-state index contributed by atoms with van der Waals surface area (Å²) < 4.78 is 1.88. The SMILES string of the molecule is CC(C)CC(=O)Nc1ccnn1C1CCN(C(=O)[C@H](N)CC(C)(C)C)CC1. The molecule has 1 atom stereocenters. The first-order chi connectivity index (χ1) is 12.6. The average Bonchev–Trinajstić information content (AvgIpc) is 2.99. The molecule has 152 valence electrons. The summed E-state index contributed by atoms with van der Waals surface area (Å²) in [5, 5.41) is 7.36. The summed E-state index contributed by atoms with van der Waals surface area (Å²) in [5.41, 5.74) is 6.16. The van der Waals surface area contributed by atoms with Gasteiger partial charge in [0.25, 0.3) is 0 Å². The highest BCUT2D eigenvalue weighted by molar-refractivity contribution is 5.89. The summed E-state index contributed by atoms with van der Waals surface area (Å²) >= 11 is 0. The van der Waals surface area contributed by atoms with E-state index in [0.29, 0.717) is 31.8 Å². The lowest BCUT2D eigenvalue weighted by atomic mass is 9.87. The molecule has 0 saturated carbocycles. The number of nitrogens with two attached hydrogens (primary N) is 1. The molecule has 1 fully saturated rings. The first kappa shape index (κ1) is 21.4. The van der Waals surface area contributed by atoms with Crippen LogP contribution in [-0.2, 0) is 9.59 Å². The lowest BCUT2D eigenvalue weighted by Gasteiger charge is -2.35. The van der Waals surface area contributed by atoms with E-state index in [1.807, 2.05) is 29.5 Å². The second-order valence-corrected chi connectivity index (χ2v) is 9.23. The van der Waals surface area contributed by atoms with Crippen LogP contribution in [0.3, 0.4) is 0 Å². The maximum absolute atomic E-state index is 12.6. The number of anilines is 1. The standard InChI is InChI=1S/C20H35N5O2/c1-14(2)12-18(26)23-17-6-9-22-25(17)15-7-10-24(11-8-15)19(27)16(21)13-20(3,4)5/h6,9,14-16H,7-8,10-13,21H2,1-5H3,(H,23,26)/t16-/m1/s1. The maximum Gasteiger partial charge on any atom is 0.239 e. The molecule has 0 bridgehead atoms. The zero-order chi connectivity index (χ0) is 20.2. The molecule has 2 amide bonds. The molecule has 0 unspecified atom stereocenters. The third-order valence-electron chi connectivity index (χ3n) is 4.80. The van der Waals surface area contributed by atoms with Crippen molar-refractivity contribution in [2.24, 2.45) is 17.1 Å². The van der Waals surface area contributed by atoms with Crippen LogP contribution in [0.5, 0.6) is 0 Å². The van der Waals surface area contributed by atoms with Crippen LogP contribution < -0.4 is 11.1 Å². The highest BCUT2D eigenvalue weighted by Crippen LogP contribution is 2.27. The zero-order valence-corrected chi connectivity index (χ0v) is 17.4.